The SMILES string of the molecule is Cc1cccc(C(=O)NCCn2ncc3c(=O)n(Cc4cccc(C(F)(F)F)c4)cnc32)c1. The van der Waals surface area contributed by atoms with Crippen LogP contribution in [0.2, 0.25) is 0 Å². The van der Waals surface area contributed by atoms with E-state index < -0.39 is 17.3 Å². The van der Waals surface area contributed by atoms with Crippen molar-refractivity contribution >= 4 is 16.9 Å². The molecule has 33 heavy (non-hydrogen) atoms. The number of nitrogens with one attached hydrogen (secondary N) is 1. The van der Waals surface area contributed by atoms with Crippen LogP contribution >= 0.6 is 0 Å². The second-order valence-corrected chi connectivity index (χ2v) is 7.61. The summed E-state index contributed by atoms with van der Waals surface area (Å²) in [5.41, 5.74) is 1.02. The fraction of sp³-hybridized carbons (Fsp3) is 0.217. The smallest absolute Gasteiger partial charge is 0.350 e. The molecule has 0 fully saturated rings. The summed E-state index contributed by atoms with van der Waals surface area (Å²) in [7, 11) is 0. The molecule has 2 aromatic carbocycles. The van der Waals surface area contributed by atoms with Gasteiger partial charge in [0.1, 0.15) is 11.7 Å². The van der Waals surface area contributed by atoms with Crippen LogP contribution in [0.1, 0.15) is 27.0 Å². The molecular formula is C23H20F3N5O2. The number of carbonyl (C=O) groups excluding carboxylic acids is 1. The van der Waals surface area contributed by atoms with Gasteiger partial charge in [0.15, 0.2) is 5.65 Å². The second-order valence-electron chi connectivity index (χ2n) is 7.61. The third-order valence-electron chi connectivity index (χ3n) is 5.12. The number of amides is 1. The molecule has 0 aliphatic carbocycles. The summed E-state index contributed by atoms with van der Waals surface area (Å²) in [6.45, 7) is 2.42. The molecule has 2 heterocycles. The normalized spacial score (nSPS) is 11.6. The zero-order valence-electron chi connectivity index (χ0n) is 17.6. The number of hydrogen-bond donors (Lipinski definition) is 1. The van der Waals surface area contributed by atoms with Gasteiger partial charge in [-0.1, -0.05) is 29.8 Å². The number of aryl methyl sites for hydroxylation is 1. The number of halogens is 3. The third kappa shape index (κ3) is 4.94. The standard InChI is InChI=1S/C23H20F3N5O2/c1-15-4-2-6-17(10-15)21(32)27-8-9-31-20-19(12-29-31)22(33)30(14-28-20)13-16-5-3-7-18(11-16)23(24,25)26/h2-7,10-12,14H,8-9,13H2,1H3,(H,27,32). The molecule has 4 aromatic rings. The van der Waals surface area contributed by atoms with Gasteiger partial charge in [0.05, 0.1) is 24.8 Å². The predicted octanol–water partition coefficient (Wildman–Crippen LogP) is 3.40. The van der Waals surface area contributed by atoms with Crippen LogP contribution in [0.15, 0.2) is 65.8 Å². The van der Waals surface area contributed by atoms with E-state index in [1.807, 2.05) is 13.0 Å². The molecule has 1 N–H and O–H groups in total. The van der Waals surface area contributed by atoms with Crippen molar-refractivity contribution < 1.29 is 18.0 Å². The molecule has 0 bridgehead atoms. The predicted molar refractivity (Wildman–Crippen MR) is 116 cm³/mol. The lowest BCUT2D eigenvalue weighted by molar-refractivity contribution is -0.137. The summed E-state index contributed by atoms with van der Waals surface area (Å²) in [6.07, 6.45) is -1.80. The highest BCUT2D eigenvalue weighted by molar-refractivity contribution is 5.94. The highest BCUT2D eigenvalue weighted by Crippen LogP contribution is 2.29. The van der Waals surface area contributed by atoms with Gasteiger partial charge in [-0.25, -0.2) is 9.67 Å². The minimum Gasteiger partial charge on any atom is -0.350 e. The maximum Gasteiger partial charge on any atom is 0.416 e. The highest BCUT2D eigenvalue weighted by atomic mass is 19.4. The number of alkyl halides is 3. The van der Waals surface area contributed by atoms with Crippen LogP contribution in [0.3, 0.4) is 0 Å². The average Bonchev–Trinajstić information content (AvgIpc) is 3.19. The van der Waals surface area contributed by atoms with Crippen molar-refractivity contribution in [1.29, 1.82) is 0 Å². The number of hydrogen-bond acceptors (Lipinski definition) is 4. The number of fused-ring (bicyclic) bond motifs is 1. The molecule has 0 saturated carbocycles. The molecule has 0 unspecified atom stereocenters. The molecular weight excluding hydrogens is 435 g/mol. The molecule has 1 amide bonds. The molecule has 10 heteroatoms. The van der Waals surface area contributed by atoms with Crippen LogP contribution in [-0.2, 0) is 19.3 Å². The summed E-state index contributed by atoms with van der Waals surface area (Å²) in [4.78, 5) is 29.3. The fourth-order valence-electron chi connectivity index (χ4n) is 3.48. The van der Waals surface area contributed by atoms with Crippen LogP contribution in [0.5, 0.6) is 0 Å². The molecule has 0 spiro atoms. The van der Waals surface area contributed by atoms with Crippen molar-refractivity contribution in [1.82, 2.24) is 24.6 Å². The van der Waals surface area contributed by atoms with Crippen molar-refractivity contribution in [2.75, 3.05) is 6.54 Å². The molecule has 0 radical (unpaired) electrons. The van der Waals surface area contributed by atoms with Crippen LogP contribution < -0.4 is 10.9 Å². The van der Waals surface area contributed by atoms with Crippen molar-refractivity contribution in [3.63, 3.8) is 0 Å². The maximum absolute atomic E-state index is 12.9. The fourth-order valence-corrected chi connectivity index (χ4v) is 3.48. The monoisotopic (exact) mass is 455 g/mol. The summed E-state index contributed by atoms with van der Waals surface area (Å²) in [5, 5.41) is 7.22. The van der Waals surface area contributed by atoms with Crippen molar-refractivity contribution in [3.05, 3.63) is 93.7 Å². The Morgan fingerprint density at radius 1 is 1.12 bits per heavy atom. The van der Waals surface area contributed by atoms with Gasteiger partial charge in [0, 0.05) is 12.1 Å². The van der Waals surface area contributed by atoms with Crippen molar-refractivity contribution in [2.45, 2.75) is 26.2 Å². The van der Waals surface area contributed by atoms with E-state index in [0.29, 0.717) is 23.3 Å². The first-order chi connectivity index (χ1) is 15.7. The molecule has 2 aromatic heterocycles. The molecule has 0 saturated heterocycles. The van der Waals surface area contributed by atoms with E-state index in [4.69, 9.17) is 0 Å². The highest BCUT2D eigenvalue weighted by Gasteiger charge is 2.30. The van der Waals surface area contributed by atoms with E-state index in [9.17, 15) is 22.8 Å². The van der Waals surface area contributed by atoms with E-state index in [1.54, 1.807) is 18.2 Å². The van der Waals surface area contributed by atoms with E-state index in [2.05, 4.69) is 15.4 Å². The Balaban J connectivity index is 1.47. The van der Waals surface area contributed by atoms with Gasteiger partial charge in [-0.05, 0) is 36.8 Å². The van der Waals surface area contributed by atoms with Crippen molar-refractivity contribution in [3.8, 4) is 0 Å². The first-order valence-corrected chi connectivity index (χ1v) is 10.1. The van der Waals surface area contributed by atoms with Gasteiger partial charge in [-0.2, -0.15) is 18.3 Å². The van der Waals surface area contributed by atoms with Gasteiger partial charge >= 0.3 is 6.18 Å². The van der Waals surface area contributed by atoms with Crippen LogP contribution in [0, 0.1) is 6.92 Å². The summed E-state index contributed by atoms with van der Waals surface area (Å²) < 4.78 is 41.6. The summed E-state index contributed by atoms with van der Waals surface area (Å²) >= 11 is 0. The average molecular weight is 455 g/mol. The van der Waals surface area contributed by atoms with Gasteiger partial charge in [0.25, 0.3) is 11.5 Å². The molecule has 0 aliphatic rings. The number of aromatic nitrogens is 4. The van der Waals surface area contributed by atoms with E-state index >= 15 is 0 Å². The number of carbonyl (C=O) groups is 1. The molecule has 0 aliphatic heterocycles. The van der Waals surface area contributed by atoms with E-state index in [-0.39, 0.29) is 24.4 Å². The minimum absolute atomic E-state index is 0.0522. The first-order valence-electron chi connectivity index (χ1n) is 10.1. The van der Waals surface area contributed by atoms with Gasteiger partial charge < -0.3 is 5.32 Å². The lowest BCUT2D eigenvalue weighted by atomic mass is 10.1. The Morgan fingerprint density at radius 2 is 1.91 bits per heavy atom. The maximum atomic E-state index is 12.9. The lowest BCUT2D eigenvalue weighted by Gasteiger charge is -2.10. The van der Waals surface area contributed by atoms with Gasteiger partial charge in [0.2, 0.25) is 0 Å². The molecule has 4 rings (SSSR count). The third-order valence-corrected chi connectivity index (χ3v) is 5.12. The Morgan fingerprint density at radius 3 is 2.67 bits per heavy atom. The zero-order chi connectivity index (χ0) is 23.6. The minimum atomic E-state index is -4.46. The first kappa shape index (κ1) is 22.3. The summed E-state index contributed by atoms with van der Waals surface area (Å²) in [5.74, 6) is -0.216. The van der Waals surface area contributed by atoms with E-state index in [0.717, 1.165) is 17.7 Å². The largest absolute Gasteiger partial charge is 0.416 e. The molecule has 7 nitrogen and oxygen atoms in total. The Labute approximate surface area is 186 Å². The Kier molecular flexibility index (Phi) is 5.99. The molecule has 0 atom stereocenters. The lowest BCUT2D eigenvalue weighted by Crippen LogP contribution is -2.27. The Hall–Kier alpha value is -3.95. The quantitative estimate of drug-likeness (QED) is 0.483. The topological polar surface area (TPSA) is 81.8 Å². The van der Waals surface area contributed by atoms with Crippen LogP contribution in [-0.4, -0.2) is 31.8 Å². The Bertz CT molecular complexity index is 1370. The van der Waals surface area contributed by atoms with Crippen LogP contribution in [0.4, 0.5) is 13.2 Å². The second kappa shape index (κ2) is 8.89. The zero-order valence-corrected chi connectivity index (χ0v) is 17.6. The van der Waals surface area contributed by atoms with Gasteiger partial charge in [-0.3, -0.25) is 14.2 Å². The van der Waals surface area contributed by atoms with E-state index in [1.165, 1.54) is 33.9 Å². The molecule has 170 valence electrons. The van der Waals surface area contributed by atoms with Crippen molar-refractivity contribution in [2.24, 2.45) is 0 Å². The number of nitrogens with zero attached hydrogens (tertiary/aromatic N) is 4. The van der Waals surface area contributed by atoms with Crippen LogP contribution in [0.25, 0.3) is 11.0 Å². The summed E-state index contributed by atoms with van der Waals surface area (Å²) in [6, 6.07) is 12.0. The number of rotatable bonds is 6. The van der Waals surface area contributed by atoms with Gasteiger partial charge in [-0.15, -0.1) is 0 Å². The number of benzene rings is 2.